The van der Waals surface area contributed by atoms with Crippen LogP contribution in [0.1, 0.15) is 12.0 Å². The Morgan fingerprint density at radius 2 is 1.92 bits per heavy atom. The Morgan fingerprint density at radius 3 is 2.62 bits per heavy atom. The van der Waals surface area contributed by atoms with Gasteiger partial charge in [0, 0.05) is 20.1 Å². The van der Waals surface area contributed by atoms with E-state index in [1.165, 1.54) is 0 Å². The summed E-state index contributed by atoms with van der Waals surface area (Å²) in [5, 5.41) is 0.527. The fourth-order valence-electron chi connectivity index (χ4n) is 3.07. The summed E-state index contributed by atoms with van der Waals surface area (Å²) >= 11 is 6.17. The maximum Gasteiger partial charge on any atom is 0.231 e. The highest BCUT2D eigenvalue weighted by Gasteiger charge is 2.23. The molecule has 2 aromatic carbocycles. The highest BCUT2D eigenvalue weighted by Crippen LogP contribution is 2.32. The molecule has 0 spiro atoms. The number of benzene rings is 2. The topological polar surface area (TPSA) is 32.8 Å². The minimum Gasteiger partial charge on any atom is -0.495 e. The summed E-state index contributed by atoms with van der Waals surface area (Å²) in [6, 6.07) is 13.5. The average Bonchev–Trinajstić information content (AvgIpc) is 2.75. The molecule has 0 radical (unpaired) electrons. The summed E-state index contributed by atoms with van der Waals surface area (Å²) in [5.41, 5.74) is 2.96. The van der Waals surface area contributed by atoms with Crippen molar-refractivity contribution in [3.63, 3.8) is 0 Å². The van der Waals surface area contributed by atoms with Crippen LogP contribution >= 0.6 is 11.6 Å². The van der Waals surface area contributed by atoms with Crippen LogP contribution in [-0.2, 0) is 11.2 Å². The number of hydrogen-bond donors (Lipinski definition) is 0. The zero-order chi connectivity index (χ0) is 17.1. The molecule has 4 nitrogen and oxygen atoms in total. The molecule has 2 aromatic rings. The van der Waals surface area contributed by atoms with Crippen molar-refractivity contribution in [3.8, 4) is 5.75 Å². The van der Waals surface area contributed by atoms with Gasteiger partial charge in [0.1, 0.15) is 5.75 Å². The van der Waals surface area contributed by atoms with Crippen LogP contribution in [0.5, 0.6) is 5.75 Å². The molecule has 0 aliphatic carbocycles. The van der Waals surface area contributed by atoms with E-state index >= 15 is 0 Å². The lowest BCUT2D eigenvalue weighted by molar-refractivity contribution is -0.118. The van der Waals surface area contributed by atoms with Gasteiger partial charge in [-0.2, -0.15) is 0 Å². The first-order valence-electron chi connectivity index (χ1n) is 8.03. The number of nitrogens with zero attached hydrogens (tertiary/aromatic N) is 2. The van der Waals surface area contributed by atoms with Gasteiger partial charge in [-0.25, -0.2) is 0 Å². The van der Waals surface area contributed by atoms with Crippen LogP contribution in [0.3, 0.4) is 0 Å². The van der Waals surface area contributed by atoms with Crippen molar-refractivity contribution < 1.29 is 9.53 Å². The van der Waals surface area contributed by atoms with Crippen LogP contribution in [0.25, 0.3) is 0 Å². The molecule has 0 atom stereocenters. The molecule has 0 unspecified atom stereocenters. The van der Waals surface area contributed by atoms with Crippen molar-refractivity contribution in [2.75, 3.05) is 37.0 Å². The molecule has 0 N–H and O–H groups in total. The number of carbonyl (C=O) groups excluding carboxylic acids is 1. The predicted molar refractivity (Wildman–Crippen MR) is 98.4 cm³/mol. The SMILES string of the molecule is COc1ccc(CC(=O)N2CCCN(C)c3ccccc32)cc1Cl. The molecule has 0 bridgehead atoms. The Bertz CT molecular complexity index is 748. The van der Waals surface area contributed by atoms with Crippen molar-refractivity contribution in [2.45, 2.75) is 12.8 Å². The lowest BCUT2D eigenvalue weighted by Crippen LogP contribution is -2.32. The molecule has 0 saturated carbocycles. The average molecular weight is 345 g/mol. The van der Waals surface area contributed by atoms with Crippen LogP contribution in [0.2, 0.25) is 5.02 Å². The summed E-state index contributed by atoms with van der Waals surface area (Å²) < 4.78 is 5.16. The zero-order valence-corrected chi connectivity index (χ0v) is 14.7. The second-order valence-corrected chi connectivity index (χ2v) is 6.36. The van der Waals surface area contributed by atoms with E-state index < -0.39 is 0 Å². The molecule has 5 heteroatoms. The van der Waals surface area contributed by atoms with Gasteiger partial charge in [0.05, 0.1) is 29.9 Å². The van der Waals surface area contributed by atoms with Crippen molar-refractivity contribution in [3.05, 3.63) is 53.1 Å². The lowest BCUT2D eigenvalue weighted by atomic mass is 10.1. The maximum absolute atomic E-state index is 12.9. The summed E-state index contributed by atoms with van der Waals surface area (Å²) in [6.45, 7) is 1.67. The molecule has 0 fully saturated rings. The van der Waals surface area contributed by atoms with Gasteiger partial charge in [0.15, 0.2) is 0 Å². The van der Waals surface area contributed by atoms with Crippen molar-refractivity contribution in [1.82, 2.24) is 0 Å². The van der Waals surface area contributed by atoms with Crippen LogP contribution in [0.15, 0.2) is 42.5 Å². The van der Waals surface area contributed by atoms with E-state index in [0.29, 0.717) is 17.2 Å². The summed E-state index contributed by atoms with van der Waals surface area (Å²) in [4.78, 5) is 17.0. The summed E-state index contributed by atoms with van der Waals surface area (Å²) in [7, 11) is 3.65. The molecule has 0 saturated heterocycles. The highest BCUT2D eigenvalue weighted by atomic mass is 35.5. The number of amides is 1. The fraction of sp³-hybridized carbons (Fsp3) is 0.316. The second-order valence-electron chi connectivity index (χ2n) is 5.95. The number of anilines is 2. The third kappa shape index (κ3) is 3.34. The van der Waals surface area contributed by atoms with E-state index in [4.69, 9.17) is 16.3 Å². The summed E-state index contributed by atoms with van der Waals surface area (Å²) in [5.74, 6) is 0.702. The smallest absolute Gasteiger partial charge is 0.231 e. The van der Waals surface area contributed by atoms with E-state index in [2.05, 4.69) is 18.0 Å². The summed E-state index contributed by atoms with van der Waals surface area (Å²) in [6.07, 6.45) is 1.27. The number of halogens is 1. The zero-order valence-electron chi connectivity index (χ0n) is 14.0. The van der Waals surface area contributed by atoms with Gasteiger partial charge in [-0.15, -0.1) is 0 Å². The van der Waals surface area contributed by atoms with Crippen molar-refractivity contribution in [1.29, 1.82) is 0 Å². The van der Waals surface area contributed by atoms with Gasteiger partial charge >= 0.3 is 0 Å². The number of ether oxygens (including phenoxy) is 1. The number of carbonyl (C=O) groups is 1. The van der Waals surface area contributed by atoms with Gasteiger partial charge in [-0.3, -0.25) is 4.79 Å². The van der Waals surface area contributed by atoms with Crippen molar-refractivity contribution >= 4 is 28.9 Å². The number of hydrogen-bond acceptors (Lipinski definition) is 3. The van der Waals surface area contributed by atoms with Crippen LogP contribution in [0.4, 0.5) is 11.4 Å². The first kappa shape index (κ1) is 16.7. The standard InChI is InChI=1S/C19H21ClN2O2/c1-21-10-5-11-22(17-7-4-3-6-16(17)21)19(23)13-14-8-9-18(24-2)15(20)12-14/h3-4,6-9,12H,5,10-11,13H2,1-2H3. The fourth-order valence-corrected chi connectivity index (χ4v) is 3.35. The first-order chi connectivity index (χ1) is 11.6. The molecular weight excluding hydrogens is 324 g/mol. The Morgan fingerprint density at radius 1 is 1.17 bits per heavy atom. The first-order valence-corrected chi connectivity index (χ1v) is 8.41. The van der Waals surface area contributed by atoms with Crippen LogP contribution in [-0.4, -0.2) is 33.2 Å². The maximum atomic E-state index is 12.9. The van der Waals surface area contributed by atoms with Crippen LogP contribution < -0.4 is 14.5 Å². The lowest BCUT2D eigenvalue weighted by Gasteiger charge is -2.24. The van der Waals surface area contributed by atoms with Gasteiger partial charge < -0.3 is 14.5 Å². The molecule has 0 aromatic heterocycles. The minimum absolute atomic E-state index is 0.0824. The largest absolute Gasteiger partial charge is 0.495 e. The van der Waals surface area contributed by atoms with Crippen LogP contribution in [0, 0.1) is 0 Å². The van der Waals surface area contributed by atoms with E-state index in [9.17, 15) is 4.79 Å². The number of para-hydroxylation sites is 2. The highest BCUT2D eigenvalue weighted by molar-refractivity contribution is 6.32. The van der Waals surface area contributed by atoms with Gasteiger partial charge in [0.2, 0.25) is 5.91 Å². The molecule has 1 heterocycles. The third-order valence-corrected chi connectivity index (χ3v) is 4.63. The van der Waals surface area contributed by atoms with Gasteiger partial charge in [0.25, 0.3) is 0 Å². The minimum atomic E-state index is 0.0824. The van der Waals surface area contributed by atoms with Gasteiger partial charge in [-0.1, -0.05) is 29.8 Å². The normalized spacial score (nSPS) is 14.1. The molecule has 1 aliphatic heterocycles. The monoisotopic (exact) mass is 344 g/mol. The Balaban J connectivity index is 1.84. The molecule has 3 rings (SSSR count). The molecule has 1 amide bonds. The molecule has 24 heavy (non-hydrogen) atoms. The van der Waals surface area contributed by atoms with E-state index in [-0.39, 0.29) is 5.91 Å². The number of fused-ring (bicyclic) bond motifs is 1. The Labute approximate surface area is 147 Å². The van der Waals surface area contributed by atoms with E-state index in [1.807, 2.05) is 29.2 Å². The predicted octanol–water partition coefficient (Wildman–Crippen LogP) is 3.76. The Kier molecular flexibility index (Phi) is 4.95. The number of methoxy groups -OCH3 is 1. The Hall–Kier alpha value is -2.20. The number of rotatable bonds is 3. The second kappa shape index (κ2) is 7.14. The van der Waals surface area contributed by atoms with E-state index in [0.717, 1.165) is 36.4 Å². The quantitative estimate of drug-likeness (QED) is 0.849. The third-order valence-electron chi connectivity index (χ3n) is 4.33. The molecular formula is C19H21ClN2O2. The molecule has 1 aliphatic rings. The van der Waals surface area contributed by atoms with E-state index in [1.54, 1.807) is 19.2 Å². The van der Waals surface area contributed by atoms with Gasteiger partial charge in [-0.05, 0) is 36.2 Å². The molecule has 126 valence electrons. The van der Waals surface area contributed by atoms with Crippen molar-refractivity contribution in [2.24, 2.45) is 0 Å².